The number of nitrogens with one attached hydrogen (secondary N) is 1. The Balaban J connectivity index is 1.46. The minimum Gasteiger partial charge on any atom is -0.354 e. The summed E-state index contributed by atoms with van der Waals surface area (Å²) < 4.78 is 22.0. The second-order valence-electron chi connectivity index (χ2n) is 9.71. The van der Waals surface area contributed by atoms with Crippen molar-refractivity contribution in [1.29, 1.82) is 5.26 Å². The van der Waals surface area contributed by atoms with Gasteiger partial charge in [0.2, 0.25) is 0 Å². The summed E-state index contributed by atoms with van der Waals surface area (Å²) in [5.74, 6) is -0.0147. The Kier molecular flexibility index (Phi) is 6.91. The molecule has 0 bridgehead atoms. The van der Waals surface area contributed by atoms with Gasteiger partial charge in [-0.25, -0.2) is 9.37 Å². The van der Waals surface area contributed by atoms with E-state index in [2.05, 4.69) is 21.5 Å². The molecule has 1 aromatic carbocycles. The van der Waals surface area contributed by atoms with E-state index < -0.39 is 5.54 Å². The molecule has 1 aliphatic carbocycles. The summed E-state index contributed by atoms with van der Waals surface area (Å²) in [4.78, 5) is 21.9. The molecule has 0 spiro atoms. The molecule has 0 radical (unpaired) electrons. The minimum atomic E-state index is -0.943. The van der Waals surface area contributed by atoms with E-state index in [4.69, 9.17) is 9.51 Å². The van der Waals surface area contributed by atoms with E-state index in [0.29, 0.717) is 65.1 Å². The molecule has 1 saturated carbocycles. The maximum Gasteiger partial charge on any atom is 0.251 e. The van der Waals surface area contributed by atoms with Crippen molar-refractivity contribution < 1.29 is 8.91 Å². The van der Waals surface area contributed by atoms with Crippen molar-refractivity contribution >= 4 is 0 Å². The molecular weight excluding hydrogens is 483 g/mol. The monoisotopic (exact) mass is 512 g/mol. The Bertz CT molecular complexity index is 1580. The first-order valence-electron chi connectivity index (χ1n) is 12.8. The molecule has 0 saturated heterocycles. The zero-order chi connectivity index (χ0) is 26.9. The highest BCUT2D eigenvalue weighted by Gasteiger charge is 2.29. The highest BCUT2D eigenvalue weighted by Crippen LogP contribution is 2.31. The minimum absolute atomic E-state index is 0.254. The molecule has 8 nitrogen and oxygen atoms in total. The van der Waals surface area contributed by atoms with Crippen molar-refractivity contribution in [2.45, 2.75) is 64.6 Å². The summed E-state index contributed by atoms with van der Waals surface area (Å²) in [5.41, 5.74) is 2.61. The van der Waals surface area contributed by atoms with Crippen LogP contribution in [-0.4, -0.2) is 25.7 Å². The second kappa shape index (κ2) is 10.3. The Morgan fingerprint density at radius 1 is 1.18 bits per heavy atom. The third-order valence-electron chi connectivity index (χ3n) is 7.23. The van der Waals surface area contributed by atoms with E-state index in [9.17, 15) is 14.4 Å². The number of hydrogen-bond donors (Lipinski definition) is 1. The number of hydrogen-bond acceptors (Lipinski definition) is 7. The Hall–Kier alpha value is -4.16. The van der Waals surface area contributed by atoms with Crippen LogP contribution in [-0.2, 0) is 12.1 Å². The quantitative estimate of drug-likeness (QED) is 0.321. The van der Waals surface area contributed by atoms with Gasteiger partial charge in [0, 0.05) is 42.0 Å². The smallest absolute Gasteiger partial charge is 0.251 e. The van der Waals surface area contributed by atoms with Gasteiger partial charge in [0.1, 0.15) is 22.7 Å². The largest absolute Gasteiger partial charge is 0.354 e. The number of nitrogens with zero attached hydrogens (tertiary/aromatic N) is 5. The standard InChI is InChI=1S/C29H29FN6O2/c1-4-29(5-2,17-31)36-16-20(7-11-27(36)37)25-15-32-18(3)28(34-25)26-13-24(35-38-26)22-10-6-19(12-23(22)30)14-33-21-8-9-21/h6-7,10-13,15-16,21,33H,4-5,8-9,14H2,1-3H3. The molecule has 194 valence electrons. The third-order valence-corrected chi connectivity index (χ3v) is 7.23. The van der Waals surface area contributed by atoms with E-state index in [1.165, 1.54) is 29.5 Å². The molecule has 1 aliphatic rings. The predicted octanol–water partition coefficient (Wildman–Crippen LogP) is 5.37. The zero-order valence-corrected chi connectivity index (χ0v) is 21.7. The molecule has 5 rings (SSSR count). The predicted molar refractivity (Wildman–Crippen MR) is 141 cm³/mol. The van der Waals surface area contributed by atoms with Crippen LogP contribution in [0.1, 0.15) is 50.8 Å². The molecular formula is C29H29FN6O2. The van der Waals surface area contributed by atoms with Crippen LogP contribution >= 0.6 is 0 Å². The zero-order valence-electron chi connectivity index (χ0n) is 21.7. The van der Waals surface area contributed by atoms with E-state index >= 15 is 0 Å². The second-order valence-corrected chi connectivity index (χ2v) is 9.71. The van der Waals surface area contributed by atoms with Crippen molar-refractivity contribution in [3.8, 4) is 40.0 Å². The number of aromatic nitrogens is 4. The van der Waals surface area contributed by atoms with Crippen molar-refractivity contribution in [2.24, 2.45) is 0 Å². The average molecular weight is 513 g/mol. The van der Waals surface area contributed by atoms with Crippen molar-refractivity contribution in [1.82, 2.24) is 25.0 Å². The van der Waals surface area contributed by atoms with Crippen LogP contribution in [0.3, 0.4) is 0 Å². The molecule has 3 heterocycles. The van der Waals surface area contributed by atoms with Gasteiger partial charge in [0.05, 0.1) is 23.7 Å². The number of halogens is 1. The third kappa shape index (κ3) is 4.87. The first kappa shape index (κ1) is 25.5. The lowest BCUT2D eigenvalue weighted by Crippen LogP contribution is -2.38. The van der Waals surface area contributed by atoms with E-state index in [1.807, 2.05) is 19.9 Å². The van der Waals surface area contributed by atoms with Crippen LogP contribution in [0.4, 0.5) is 4.39 Å². The summed E-state index contributed by atoms with van der Waals surface area (Å²) in [6, 6.07) is 12.7. The summed E-state index contributed by atoms with van der Waals surface area (Å²) in [7, 11) is 0. The topological polar surface area (TPSA) is 110 Å². The van der Waals surface area contributed by atoms with Gasteiger partial charge in [0.25, 0.3) is 5.56 Å². The van der Waals surface area contributed by atoms with Crippen LogP contribution in [0.5, 0.6) is 0 Å². The van der Waals surface area contributed by atoms with Crippen LogP contribution in [0.2, 0.25) is 0 Å². The Labute approximate surface area is 220 Å². The molecule has 1 fully saturated rings. The van der Waals surface area contributed by atoms with Crippen molar-refractivity contribution in [2.75, 3.05) is 0 Å². The van der Waals surface area contributed by atoms with E-state index in [1.54, 1.807) is 37.5 Å². The first-order chi connectivity index (χ1) is 18.4. The van der Waals surface area contributed by atoms with Crippen LogP contribution in [0.25, 0.3) is 34.0 Å². The fourth-order valence-corrected chi connectivity index (χ4v) is 4.54. The van der Waals surface area contributed by atoms with E-state index in [-0.39, 0.29) is 11.4 Å². The highest BCUT2D eigenvalue weighted by atomic mass is 19.1. The lowest BCUT2D eigenvalue weighted by Gasteiger charge is -2.26. The van der Waals surface area contributed by atoms with Crippen molar-refractivity contribution in [3.63, 3.8) is 0 Å². The molecule has 3 aromatic heterocycles. The summed E-state index contributed by atoms with van der Waals surface area (Å²) in [6.45, 7) is 6.20. The molecule has 4 aromatic rings. The van der Waals surface area contributed by atoms with Gasteiger partial charge >= 0.3 is 0 Å². The fraction of sp³-hybridized carbons (Fsp3) is 0.345. The van der Waals surface area contributed by atoms with Crippen LogP contribution in [0.15, 0.2) is 58.1 Å². The van der Waals surface area contributed by atoms with Gasteiger partial charge < -0.3 is 9.84 Å². The molecule has 0 aliphatic heterocycles. The highest BCUT2D eigenvalue weighted by molar-refractivity contribution is 5.68. The summed E-state index contributed by atoms with van der Waals surface area (Å²) >= 11 is 0. The molecule has 38 heavy (non-hydrogen) atoms. The first-order valence-corrected chi connectivity index (χ1v) is 12.8. The van der Waals surface area contributed by atoms with Crippen LogP contribution in [0, 0.1) is 24.1 Å². The number of benzene rings is 1. The van der Waals surface area contributed by atoms with Gasteiger partial charge in [0.15, 0.2) is 5.76 Å². The Morgan fingerprint density at radius 3 is 2.66 bits per heavy atom. The number of nitriles is 1. The van der Waals surface area contributed by atoms with Crippen LogP contribution < -0.4 is 10.9 Å². The average Bonchev–Trinajstić information content (AvgIpc) is 3.64. The normalized spacial score (nSPS) is 13.4. The SMILES string of the molecule is CCC(C#N)(CC)n1cc(-c2cnc(C)c(-c3cc(-c4ccc(CNC5CC5)cc4F)no3)n2)ccc1=O. The van der Waals surface area contributed by atoms with E-state index in [0.717, 1.165) is 5.56 Å². The van der Waals surface area contributed by atoms with Gasteiger partial charge in [-0.15, -0.1) is 0 Å². The molecule has 0 amide bonds. The number of pyridine rings is 1. The molecule has 9 heteroatoms. The van der Waals surface area contributed by atoms with Gasteiger partial charge in [-0.1, -0.05) is 25.1 Å². The Morgan fingerprint density at radius 2 is 1.97 bits per heavy atom. The molecule has 0 unspecified atom stereocenters. The lowest BCUT2D eigenvalue weighted by atomic mass is 9.94. The maximum atomic E-state index is 14.9. The van der Waals surface area contributed by atoms with Gasteiger partial charge in [-0.05, 0) is 56.4 Å². The number of aryl methyl sites for hydroxylation is 1. The maximum absolute atomic E-state index is 14.9. The lowest BCUT2D eigenvalue weighted by molar-refractivity contribution is 0.345. The van der Waals surface area contributed by atoms with Crippen molar-refractivity contribution in [3.05, 3.63) is 76.2 Å². The number of rotatable bonds is 9. The molecule has 1 N–H and O–H groups in total. The fourth-order valence-electron chi connectivity index (χ4n) is 4.54. The van der Waals surface area contributed by atoms with Gasteiger partial charge in [-0.3, -0.25) is 14.3 Å². The van der Waals surface area contributed by atoms with Gasteiger partial charge in [-0.2, -0.15) is 5.26 Å². The summed E-state index contributed by atoms with van der Waals surface area (Å²) in [5, 5.41) is 17.3. The summed E-state index contributed by atoms with van der Waals surface area (Å²) in [6.07, 6.45) is 6.59. The molecule has 0 atom stereocenters.